The van der Waals surface area contributed by atoms with Crippen molar-refractivity contribution in [2.75, 3.05) is 25.0 Å². The van der Waals surface area contributed by atoms with Gasteiger partial charge in [-0.2, -0.15) is 5.26 Å². The maximum atomic E-state index is 13.3. The fourth-order valence-corrected chi connectivity index (χ4v) is 4.02. The highest BCUT2D eigenvalue weighted by Crippen LogP contribution is 2.30. The molecule has 32 heavy (non-hydrogen) atoms. The van der Waals surface area contributed by atoms with Crippen LogP contribution in [0.4, 0.5) is 10.5 Å². The smallest absolute Gasteiger partial charge is 0.411 e. The van der Waals surface area contributed by atoms with Gasteiger partial charge in [-0.25, -0.2) is 4.79 Å². The van der Waals surface area contributed by atoms with Gasteiger partial charge in [0.05, 0.1) is 18.2 Å². The van der Waals surface area contributed by atoms with Gasteiger partial charge in [-0.05, 0) is 73.4 Å². The van der Waals surface area contributed by atoms with E-state index in [-0.39, 0.29) is 11.8 Å². The van der Waals surface area contributed by atoms with Crippen molar-refractivity contribution in [1.29, 1.82) is 5.26 Å². The first-order valence-corrected chi connectivity index (χ1v) is 11.1. The summed E-state index contributed by atoms with van der Waals surface area (Å²) in [5.74, 6) is 0.627. The number of rotatable bonds is 5. The summed E-state index contributed by atoms with van der Waals surface area (Å²) in [7, 11) is 0. The molecule has 0 aromatic heterocycles. The Morgan fingerprint density at radius 3 is 2.38 bits per heavy atom. The van der Waals surface area contributed by atoms with Crippen LogP contribution in [0.3, 0.4) is 0 Å². The molecule has 6 heteroatoms. The number of ether oxygens (including phenoxy) is 1. The zero-order valence-corrected chi connectivity index (χ0v) is 19.3. The van der Waals surface area contributed by atoms with E-state index in [1.54, 1.807) is 6.07 Å². The van der Waals surface area contributed by atoms with Crippen LogP contribution in [0.2, 0.25) is 0 Å². The number of hydrogen-bond donors (Lipinski definition) is 1. The van der Waals surface area contributed by atoms with Crippen LogP contribution in [-0.4, -0.2) is 36.6 Å². The maximum Gasteiger partial charge on any atom is 0.411 e. The summed E-state index contributed by atoms with van der Waals surface area (Å²) in [5, 5.41) is 11.7. The number of likely N-dealkylation sites (tertiary alicyclic amines) is 1. The van der Waals surface area contributed by atoms with Crippen LogP contribution in [-0.2, 0) is 4.74 Å². The molecule has 2 aromatic rings. The number of aryl methyl sites for hydroxylation is 2. The maximum absolute atomic E-state index is 13.3. The Bertz CT molecular complexity index is 1010. The number of anilines is 1. The second-order valence-electron chi connectivity index (χ2n) is 8.90. The molecule has 3 rings (SSSR count). The second kappa shape index (κ2) is 10.3. The van der Waals surface area contributed by atoms with Gasteiger partial charge in [0.25, 0.3) is 5.91 Å². The van der Waals surface area contributed by atoms with Crippen LogP contribution >= 0.6 is 0 Å². The number of nitrogens with zero attached hydrogens (tertiary/aromatic N) is 2. The Labute approximate surface area is 190 Å². The van der Waals surface area contributed by atoms with E-state index in [1.807, 2.05) is 62.9 Å². The van der Waals surface area contributed by atoms with Gasteiger partial charge in [-0.1, -0.05) is 32.0 Å². The van der Waals surface area contributed by atoms with Crippen molar-refractivity contribution in [3.63, 3.8) is 0 Å². The zero-order valence-electron chi connectivity index (χ0n) is 19.3. The van der Waals surface area contributed by atoms with E-state index < -0.39 is 6.09 Å². The van der Waals surface area contributed by atoms with Gasteiger partial charge in [-0.3, -0.25) is 10.1 Å². The van der Waals surface area contributed by atoms with Gasteiger partial charge in [0.15, 0.2) is 0 Å². The van der Waals surface area contributed by atoms with Gasteiger partial charge in [0.1, 0.15) is 0 Å². The predicted octanol–water partition coefficient (Wildman–Crippen LogP) is 5.40. The van der Waals surface area contributed by atoms with Crippen molar-refractivity contribution in [2.45, 2.75) is 46.5 Å². The zero-order chi connectivity index (χ0) is 23.3. The summed E-state index contributed by atoms with van der Waals surface area (Å²) in [6, 6.07) is 13.6. The van der Waals surface area contributed by atoms with E-state index in [0.29, 0.717) is 42.4 Å². The Kier molecular flexibility index (Phi) is 7.53. The normalized spacial score (nSPS) is 14.2. The van der Waals surface area contributed by atoms with E-state index in [2.05, 4.69) is 11.4 Å². The van der Waals surface area contributed by atoms with Crippen molar-refractivity contribution < 1.29 is 14.3 Å². The molecule has 0 atom stereocenters. The molecule has 6 nitrogen and oxygen atoms in total. The number of nitrogens with one attached hydrogen (secondary N) is 1. The summed E-state index contributed by atoms with van der Waals surface area (Å²) in [5.41, 5.74) is 4.86. The highest BCUT2D eigenvalue weighted by molar-refractivity contribution is 5.98. The quantitative estimate of drug-likeness (QED) is 0.684. The van der Waals surface area contributed by atoms with E-state index in [9.17, 15) is 9.59 Å². The van der Waals surface area contributed by atoms with E-state index in [1.165, 1.54) is 5.56 Å². The lowest BCUT2D eigenvalue weighted by Gasteiger charge is -2.33. The standard InChI is InChI=1S/C26H31N3O3/c1-17(2)16-32-26(31)28-24-14-23(18(3)13-19(24)4)25(30)29-11-9-22(10-12-29)21-7-5-20(15-27)6-8-21/h5-8,13-14,17,22H,9-12,16H2,1-4H3,(H,28,31). The van der Waals surface area contributed by atoms with Crippen LogP contribution in [0.25, 0.3) is 0 Å². The SMILES string of the molecule is Cc1cc(C)c(C(=O)N2CCC(c3ccc(C#N)cc3)CC2)cc1NC(=O)OCC(C)C. The molecule has 0 spiro atoms. The molecule has 1 aliphatic heterocycles. The molecule has 2 aromatic carbocycles. The average Bonchev–Trinajstić information content (AvgIpc) is 2.79. The number of amides is 2. The molecular formula is C26H31N3O3. The van der Waals surface area contributed by atoms with Crippen molar-refractivity contribution in [1.82, 2.24) is 4.90 Å². The third-order valence-corrected chi connectivity index (χ3v) is 5.88. The van der Waals surface area contributed by atoms with Gasteiger partial charge in [-0.15, -0.1) is 0 Å². The molecule has 0 bridgehead atoms. The first kappa shape index (κ1) is 23.3. The number of carbonyl (C=O) groups excluding carboxylic acids is 2. The largest absolute Gasteiger partial charge is 0.449 e. The van der Waals surface area contributed by atoms with Crippen LogP contribution < -0.4 is 5.32 Å². The van der Waals surface area contributed by atoms with Gasteiger partial charge < -0.3 is 9.64 Å². The number of hydrogen-bond acceptors (Lipinski definition) is 4. The van der Waals surface area contributed by atoms with Gasteiger partial charge in [0.2, 0.25) is 0 Å². The highest BCUT2D eigenvalue weighted by Gasteiger charge is 2.26. The molecule has 1 fully saturated rings. The molecule has 0 unspecified atom stereocenters. The molecule has 1 saturated heterocycles. The fraction of sp³-hybridized carbons (Fsp3) is 0.423. The van der Waals surface area contributed by atoms with Crippen LogP contribution in [0.1, 0.15) is 65.2 Å². The van der Waals surface area contributed by atoms with Crippen molar-refractivity contribution in [3.8, 4) is 6.07 Å². The Hall–Kier alpha value is -3.33. The fourth-order valence-electron chi connectivity index (χ4n) is 4.02. The molecule has 1 N–H and O–H groups in total. The summed E-state index contributed by atoms with van der Waals surface area (Å²) < 4.78 is 5.21. The minimum Gasteiger partial charge on any atom is -0.449 e. The third kappa shape index (κ3) is 5.67. The molecule has 1 aliphatic rings. The molecule has 1 heterocycles. The minimum atomic E-state index is -0.507. The summed E-state index contributed by atoms with van der Waals surface area (Å²) in [4.78, 5) is 27.2. The lowest BCUT2D eigenvalue weighted by molar-refractivity contribution is 0.0712. The average molecular weight is 434 g/mol. The molecular weight excluding hydrogens is 402 g/mol. The Morgan fingerprint density at radius 1 is 1.12 bits per heavy atom. The number of piperidine rings is 1. The third-order valence-electron chi connectivity index (χ3n) is 5.88. The predicted molar refractivity (Wildman–Crippen MR) is 125 cm³/mol. The summed E-state index contributed by atoms with van der Waals surface area (Å²) >= 11 is 0. The van der Waals surface area contributed by atoms with Crippen molar-refractivity contribution in [3.05, 3.63) is 64.2 Å². The van der Waals surface area contributed by atoms with Gasteiger partial charge in [0, 0.05) is 24.3 Å². The minimum absolute atomic E-state index is 0.0145. The highest BCUT2D eigenvalue weighted by atomic mass is 16.5. The lowest BCUT2D eigenvalue weighted by atomic mass is 9.88. The lowest BCUT2D eigenvalue weighted by Crippen LogP contribution is -2.38. The molecule has 2 amide bonds. The monoisotopic (exact) mass is 433 g/mol. The number of carbonyl (C=O) groups is 2. The Balaban J connectivity index is 1.66. The summed E-state index contributed by atoms with van der Waals surface area (Å²) in [6.07, 6.45) is 1.26. The van der Waals surface area contributed by atoms with Crippen LogP contribution in [0.5, 0.6) is 0 Å². The van der Waals surface area contributed by atoms with Gasteiger partial charge >= 0.3 is 6.09 Å². The summed E-state index contributed by atoms with van der Waals surface area (Å²) in [6.45, 7) is 9.48. The second-order valence-corrected chi connectivity index (χ2v) is 8.90. The van der Waals surface area contributed by atoms with Crippen LogP contribution in [0, 0.1) is 31.1 Å². The number of nitriles is 1. The Morgan fingerprint density at radius 2 is 1.78 bits per heavy atom. The van der Waals surface area contributed by atoms with E-state index in [4.69, 9.17) is 10.00 Å². The van der Waals surface area contributed by atoms with E-state index in [0.717, 1.165) is 24.0 Å². The van der Waals surface area contributed by atoms with Crippen molar-refractivity contribution >= 4 is 17.7 Å². The molecule has 0 radical (unpaired) electrons. The number of benzene rings is 2. The van der Waals surface area contributed by atoms with E-state index >= 15 is 0 Å². The first-order chi connectivity index (χ1) is 15.3. The first-order valence-electron chi connectivity index (χ1n) is 11.1. The van der Waals surface area contributed by atoms with Crippen LogP contribution in [0.15, 0.2) is 36.4 Å². The molecule has 0 saturated carbocycles. The molecule has 168 valence electrons. The topological polar surface area (TPSA) is 82.4 Å². The van der Waals surface area contributed by atoms with Crippen molar-refractivity contribution in [2.24, 2.45) is 5.92 Å². The molecule has 0 aliphatic carbocycles.